The van der Waals surface area contributed by atoms with Crippen molar-refractivity contribution in [3.8, 4) is 22.6 Å². The summed E-state index contributed by atoms with van der Waals surface area (Å²) in [6.45, 7) is 12.1. The molecule has 0 spiro atoms. The zero-order valence-corrected chi connectivity index (χ0v) is 18.6. The number of carbonyl (C=O) groups excluding carboxylic acids is 1. The van der Waals surface area contributed by atoms with E-state index in [-0.39, 0.29) is 16.6 Å². The van der Waals surface area contributed by atoms with Crippen LogP contribution in [0.4, 0.5) is 0 Å². The van der Waals surface area contributed by atoms with E-state index in [1.165, 1.54) is 0 Å². The monoisotopic (exact) mass is 402 g/mol. The molecule has 0 aliphatic heterocycles. The van der Waals surface area contributed by atoms with Crippen molar-refractivity contribution in [3.63, 3.8) is 0 Å². The molecule has 0 heterocycles. The Morgan fingerprint density at radius 1 is 0.733 bits per heavy atom. The van der Waals surface area contributed by atoms with Gasteiger partial charge < -0.3 is 9.84 Å². The number of esters is 1. The lowest BCUT2D eigenvalue weighted by Gasteiger charge is -2.27. The molecule has 0 aliphatic rings. The van der Waals surface area contributed by atoms with Gasteiger partial charge in [0.15, 0.2) is 0 Å². The van der Waals surface area contributed by atoms with Gasteiger partial charge in [-0.15, -0.1) is 0 Å². The Hall–Kier alpha value is -3.07. The van der Waals surface area contributed by atoms with Crippen molar-refractivity contribution in [2.24, 2.45) is 0 Å². The predicted molar refractivity (Wildman–Crippen MR) is 122 cm³/mol. The zero-order valence-electron chi connectivity index (χ0n) is 18.6. The minimum atomic E-state index is -0.432. The number of ether oxygens (including phenoxy) is 1. The molecule has 3 rings (SSSR count). The second-order valence-corrected chi connectivity index (χ2v) is 9.70. The fourth-order valence-electron chi connectivity index (χ4n) is 3.41. The van der Waals surface area contributed by atoms with Crippen LogP contribution in [0.2, 0.25) is 0 Å². The Labute approximate surface area is 179 Å². The Kier molecular flexibility index (Phi) is 5.76. The number of phenols is 1. The van der Waals surface area contributed by atoms with Gasteiger partial charge in [-0.3, -0.25) is 0 Å². The van der Waals surface area contributed by atoms with Crippen LogP contribution in [0.15, 0.2) is 66.7 Å². The minimum absolute atomic E-state index is 0.249. The van der Waals surface area contributed by atoms with E-state index in [4.69, 9.17) is 4.74 Å². The SMILES string of the molecule is CC(C)(C)c1cc(C(=O)Oc2ccc(-c3ccccc3)cc2)cc(C(C)(C)C)c1O. The van der Waals surface area contributed by atoms with Crippen LogP contribution in [0.3, 0.4) is 0 Å². The van der Waals surface area contributed by atoms with E-state index in [0.717, 1.165) is 22.3 Å². The Balaban J connectivity index is 1.91. The summed E-state index contributed by atoms with van der Waals surface area (Å²) in [5.41, 5.74) is 3.47. The summed E-state index contributed by atoms with van der Waals surface area (Å²) in [6, 6.07) is 21.0. The maximum absolute atomic E-state index is 12.9. The zero-order chi connectivity index (χ0) is 22.1. The van der Waals surface area contributed by atoms with Gasteiger partial charge in [-0.05, 0) is 46.2 Å². The number of hydrogen-bond donors (Lipinski definition) is 1. The first-order valence-electron chi connectivity index (χ1n) is 10.2. The minimum Gasteiger partial charge on any atom is -0.507 e. The van der Waals surface area contributed by atoms with Gasteiger partial charge in [0.2, 0.25) is 0 Å². The summed E-state index contributed by atoms with van der Waals surface area (Å²) in [5.74, 6) is 0.305. The highest BCUT2D eigenvalue weighted by atomic mass is 16.5. The van der Waals surface area contributed by atoms with Crippen molar-refractivity contribution in [1.29, 1.82) is 0 Å². The lowest BCUT2D eigenvalue weighted by molar-refractivity contribution is 0.0734. The molecule has 3 nitrogen and oxygen atoms in total. The number of phenolic OH excluding ortho intramolecular Hbond substituents is 1. The molecular formula is C27H30O3. The lowest BCUT2D eigenvalue weighted by Crippen LogP contribution is -2.20. The van der Waals surface area contributed by atoms with Gasteiger partial charge in [-0.1, -0.05) is 84.0 Å². The van der Waals surface area contributed by atoms with Crippen molar-refractivity contribution in [3.05, 3.63) is 83.4 Å². The highest BCUT2D eigenvalue weighted by Gasteiger charge is 2.28. The number of aromatic hydroxyl groups is 1. The quantitative estimate of drug-likeness (QED) is 0.384. The molecule has 0 atom stereocenters. The highest BCUT2D eigenvalue weighted by Crippen LogP contribution is 2.40. The van der Waals surface area contributed by atoms with Crippen molar-refractivity contribution in [1.82, 2.24) is 0 Å². The van der Waals surface area contributed by atoms with Crippen LogP contribution in [-0.4, -0.2) is 11.1 Å². The van der Waals surface area contributed by atoms with E-state index in [9.17, 15) is 9.90 Å². The third kappa shape index (κ3) is 4.73. The predicted octanol–water partition coefficient (Wildman–Crippen LogP) is 6.87. The molecule has 0 radical (unpaired) electrons. The molecule has 0 fully saturated rings. The summed E-state index contributed by atoms with van der Waals surface area (Å²) in [7, 11) is 0. The van der Waals surface area contributed by atoms with Gasteiger partial charge in [-0.2, -0.15) is 0 Å². The van der Waals surface area contributed by atoms with Crippen LogP contribution in [0.5, 0.6) is 11.5 Å². The average Bonchev–Trinajstić information content (AvgIpc) is 2.67. The average molecular weight is 403 g/mol. The van der Waals surface area contributed by atoms with E-state index < -0.39 is 5.97 Å². The number of benzene rings is 3. The molecule has 0 bridgehead atoms. The molecule has 3 heteroatoms. The van der Waals surface area contributed by atoms with Gasteiger partial charge in [0.25, 0.3) is 0 Å². The van der Waals surface area contributed by atoms with E-state index >= 15 is 0 Å². The van der Waals surface area contributed by atoms with Gasteiger partial charge in [0.1, 0.15) is 11.5 Å². The van der Waals surface area contributed by atoms with Crippen molar-refractivity contribution < 1.29 is 14.6 Å². The maximum Gasteiger partial charge on any atom is 0.343 e. The Morgan fingerprint density at radius 2 is 1.20 bits per heavy atom. The fraction of sp³-hybridized carbons (Fsp3) is 0.296. The molecule has 0 saturated carbocycles. The number of rotatable bonds is 3. The van der Waals surface area contributed by atoms with Crippen molar-refractivity contribution >= 4 is 5.97 Å². The second-order valence-electron chi connectivity index (χ2n) is 9.70. The normalized spacial score (nSPS) is 11.9. The molecule has 0 aliphatic carbocycles. The molecule has 30 heavy (non-hydrogen) atoms. The third-order valence-corrected chi connectivity index (χ3v) is 5.13. The number of carbonyl (C=O) groups is 1. The van der Waals surface area contributed by atoms with Crippen LogP contribution >= 0.6 is 0 Å². The standard InChI is InChI=1S/C27H30O3/c1-26(2,3)22-16-20(17-23(24(22)28)27(4,5)6)25(29)30-21-14-12-19(13-15-21)18-10-8-7-9-11-18/h7-17,28H,1-6H3. The summed E-state index contributed by atoms with van der Waals surface area (Å²) in [6.07, 6.45) is 0. The van der Waals surface area contributed by atoms with Crippen molar-refractivity contribution in [2.45, 2.75) is 52.4 Å². The first kappa shape index (κ1) is 21.6. The molecule has 0 unspecified atom stereocenters. The van der Waals surface area contributed by atoms with Crippen LogP contribution < -0.4 is 4.74 Å². The third-order valence-electron chi connectivity index (χ3n) is 5.13. The van der Waals surface area contributed by atoms with Gasteiger partial charge in [-0.25, -0.2) is 4.79 Å². The Morgan fingerprint density at radius 3 is 1.67 bits per heavy atom. The summed E-state index contributed by atoms with van der Waals surface area (Å²) < 4.78 is 5.65. The summed E-state index contributed by atoms with van der Waals surface area (Å²) in [4.78, 5) is 12.9. The van der Waals surface area contributed by atoms with Gasteiger partial charge >= 0.3 is 5.97 Å². The molecular weight excluding hydrogens is 372 g/mol. The first-order valence-corrected chi connectivity index (χ1v) is 10.2. The van der Waals surface area contributed by atoms with Crippen LogP contribution in [0, 0.1) is 0 Å². The van der Waals surface area contributed by atoms with Crippen LogP contribution in [-0.2, 0) is 10.8 Å². The summed E-state index contributed by atoms with van der Waals surface area (Å²) >= 11 is 0. The highest BCUT2D eigenvalue weighted by molar-refractivity contribution is 5.92. The summed E-state index contributed by atoms with van der Waals surface area (Å²) in [5, 5.41) is 10.8. The van der Waals surface area contributed by atoms with Crippen molar-refractivity contribution in [2.75, 3.05) is 0 Å². The molecule has 0 amide bonds. The van der Waals surface area contributed by atoms with E-state index in [1.54, 1.807) is 24.3 Å². The van der Waals surface area contributed by atoms with E-state index in [0.29, 0.717) is 11.3 Å². The van der Waals surface area contributed by atoms with Crippen LogP contribution in [0.1, 0.15) is 63.0 Å². The topological polar surface area (TPSA) is 46.5 Å². The molecule has 156 valence electrons. The van der Waals surface area contributed by atoms with Gasteiger partial charge in [0.05, 0.1) is 5.56 Å². The van der Waals surface area contributed by atoms with E-state index in [2.05, 4.69) is 0 Å². The van der Waals surface area contributed by atoms with Gasteiger partial charge in [0, 0.05) is 11.1 Å². The fourth-order valence-corrected chi connectivity index (χ4v) is 3.41. The Bertz CT molecular complexity index is 999. The largest absolute Gasteiger partial charge is 0.507 e. The van der Waals surface area contributed by atoms with Crippen LogP contribution in [0.25, 0.3) is 11.1 Å². The van der Waals surface area contributed by atoms with E-state index in [1.807, 2.05) is 84.0 Å². The number of hydrogen-bond acceptors (Lipinski definition) is 3. The first-order chi connectivity index (χ1) is 14.0. The second kappa shape index (κ2) is 7.98. The molecule has 1 N–H and O–H groups in total. The lowest BCUT2D eigenvalue weighted by atomic mass is 9.78. The smallest absolute Gasteiger partial charge is 0.343 e. The molecule has 0 saturated heterocycles. The molecule has 3 aromatic rings. The molecule has 0 aromatic heterocycles. The maximum atomic E-state index is 12.9. The molecule has 3 aromatic carbocycles.